The molecule has 0 unspecified atom stereocenters. The molecule has 2 rings (SSSR count). The fourth-order valence-corrected chi connectivity index (χ4v) is 1.36. The minimum atomic E-state index is -4.56. The normalized spacial score (nSPS) is 11.4. The lowest BCUT2D eigenvalue weighted by molar-refractivity contribution is -0.141. The topological polar surface area (TPSA) is 55.2 Å². The van der Waals surface area contributed by atoms with Crippen molar-refractivity contribution in [3.8, 4) is 17.5 Å². The molecule has 0 atom stereocenters. The lowest BCUT2D eigenvalue weighted by atomic mass is 10.2. The Balaban J connectivity index is 2.31. The summed E-state index contributed by atoms with van der Waals surface area (Å²) in [5.74, 6) is 0.170. The fraction of sp³-hybridized carbons (Fsp3) is 0.167. The molecule has 0 amide bonds. The molecule has 2 aromatic rings. The Morgan fingerprint density at radius 2 is 1.95 bits per heavy atom. The van der Waals surface area contributed by atoms with Gasteiger partial charge in [0.25, 0.3) is 0 Å². The van der Waals surface area contributed by atoms with Crippen molar-refractivity contribution < 1.29 is 23.0 Å². The first kappa shape index (κ1) is 13.1. The molecule has 1 aromatic carbocycles. The number of nitrogens with zero attached hydrogens (tertiary/aromatic N) is 2. The average molecular weight is 270 g/mol. The van der Waals surface area contributed by atoms with Crippen LogP contribution in [-0.2, 0) is 6.18 Å². The summed E-state index contributed by atoms with van der Waals surface area (Å²) in [4.78, 5) is 6.87. The molecular weight excluding hydrogens is 261 g/mol. The summed E-state index contributed by atoms with van der Waals surface area (Å²) in [6, 6.07) is 4.77. The number of phenols is 1. The van der Waals surface area contributed by atoms with Gasteiger partial charge in [0.2, 0.25) is 0 Å². The highest BCUT2D eigenvalue weighted by atomic mass is 19.4. The molecule has 0 saturated heterocycles. The van der Waals surface area contributed by atoms with Gasteiger partial charge in [-0.3, -0.25) is 0 Å². The van der Waals surface area contributed by atoms with Crippen molar-refractivity contribution in [3.63, 3.8) is 0 Å². The van der Waals surface area contributed by atoms with E-state index in [1.165, 1.54) is 18.2 Å². The Morgan fingerprint density at radius 1 is 1.21 bits per heavy atom. The van der Waals surface area contributed by atoms with Crippen LogP contribution in [0.2, 0.25) is 0 Å². The maximum atomic E-state index is 12.5. The highest BCUT2D eigenvalue weighted by Crippen LogP contribution is 2.31. The smallest absolute Gasteiger partial charge is 0.433 e. The number of ether oxygens (including phenoxy) is 1. The molecule has 0 saturated carbocycles. The first-order valence-corrected chi connectivity index (χ1v) is 5.24. The van der Waals surface area contributed by atoms with E-state index in [0.29, 0.717) is 5.56 Å². The minimum Gasteiger partial charge on any atom is -0.508 e. The van der Waals surface area contributed by atoms with E-state index in [1.807, 2.05) is 0 Å². The van der Waals surface area contributed by atoms with Crippen LogP contribution in [0.1, 0.15) is 11.3 Å². The van der Waals surface area contributed by atoms with E-state index in [0.717, 1.165) is 12.3 Å². The predicted molar refractivity (Wildman–Crippen MR) is 60.0 cm³/mol. The van der Waals surface area contributed by atoms with Crippen LogP contribution in [0.15, 0.2) is 30.5 Å². The average Bonchev–Trinajstić information content (AvgIpc) is 2.34. The molecule has 4 nitrogen and oxygen atoms in total. The van der Waals surface area contributed by atoms with Gasteiger partial charge in [-0.05, 0) is 25.1 Å². The van der Waals surface area contributed by atoms with E-state index < -0.39 is 17.9 Å². The number of hydrogen-bond acceptors (Lipinski definition) is 4. The second-order valence-electron chi connectivity index (χ2n) is 3.72. The molecule has 1 heterocycles. The Hall–Kier alpha value is -2.31. The minimum absolute atomic E-state index is 0.0236. The van der Waals surface area contributed by atoms with E-state index >= 15 is 0 Å². The predicted octanol–water partition coefficient (Wildman–Crippen LogP) is 3.30. The van der Waals surface area contributed by atoms with Gasteiger partial charge >= 0.3 is 12.2 Å². The van der Waals surface area contributed by atoms with Crippen LogP contribution >= 0.6 is 0 Å². The number of alkyl halides is 3. The number of phenolic OH excluding ortho intramolecular Hbond substituents is 1. The zero-order valence-corrected chi connectivity index (χ0v) is 9.77. The Labute approximate surface area is 106 Å². The van der Waals surface area contributed by atoms with Crippen molar-refractivity contribution in [2.45, 2.75) is 13.1 Å². The van der Waals surface area contributed by atoms with Crippen molar-refractivity contribution in [3.05, 3.63) is 41.7 Å². The van der Waals surface area contributed by atoms with E-state index in [4.69, 9.17) is 4.74 Å². The fourth-order valence-electron chi connectivity index (χ4n) is 1.36. The van der Waals surface area contributed by atoms with Crippen LogP contribution in [-0.4, -0.2) is 15.1 Å². The third kappa shape index (κ3) is 2.93. The Kier molecular flexibility index (Phi) is 3.28. The van der Waals surface area contributed by atoms with Crippen LogP contribution in [0.3, 0.4) is 0 Å². The summed E-state index contributed by atoms with van der Waals surface area (Å²) in [6.07, 6.45) is -3.60. The summed E-state index contributed by atoms with van der Waals surface area (Å²) >= 11 is 0. The number of aromatic hydroxyl groups is 1. The SMILES string of the molecule is Cc1c(O)cccc1Oc1nccc(C(F)(F)F)n1. The molecule has 1 N–H and O–H groups in total. The highest BCUT2D eigenvalue weighted by molar-refractivity contribution is 5.43. The molecule has 1 aromatic heterocycles. The van der Waals surface area contributed by atoms with Crippen molar-refractivity contribution in [1.29, 1.82) is 0 Å². The lowest BCUT2D eigenvalue weighted by Crippen LogP contribution is -2.09. The van der Waals surface area contributed by atoms with Gasteiger partial charge in [-0.15, -0.1) is 0 Å². The zero-order valence-electron chi connectivity index (χ0n) is 9.77. The van der Waals surface area contributed by atoms with E-state index in [-0.39, 0.29) is 11.5 Å². The van der Waals surface area contributed by atoms with Crippen molar-refractivity contribution in [1.82, 2.24) is 9.97 Å². The lowest BCUT2D eigenvalue weighted by Gasteiger charge is -2.09. The number of hydrogen-bond donors (Lipinski definition) is 1. The number of benzene rings is 1. The molecule has 0 fully saturated rings. The van der Waals surface area contributed by atoms with E-state index in [1.54, 1.807) is 6.92 Å². The quantitative estimate of drug-likeness (QED) is 0.909. The van der Waals surface area contributed by atoms with Crippen LogP contribution in [0.25, 0.3) is 0 Å². The third-order valence-corrected chi connectivity index (χ3v) is 2.38. The van der Waals surface area contributed by atoms with Gasteiger partial charge < -0.3 is 9.84 Å². The van der Waals surface area contributed by atoms with Crippen LogP contribution in [0.4, 0.5) is 13.2 Å². The summed E-state index contributed by atoms with van der Waals surface area (Å²) in [7, 11) is 0. The summed E-state index contributed by atoms with van der Waals surface area (Å²) in [5, 5.41) is 9.46. The van der Waals surface area contributed by atoms with Crippen molar-refractivity contribution >= 4 is 0 Å². The van der Waals surface area contributed by atoms with Crippen LogP contribution in [0.5, 0.6) is 17.5 Å². The molecule has 0 aliphatic carbocycles. The second kappa shape index (κ2) is 4.75. The standard InChI is InChI=1S/C12H9F3N2O2/c1-7-8(18)3-2-4-9(7)19-11-16-6-5-10(17-11)12(13,14)15/h2-6,18H,1H3. The Morgan fingerprint density at radius 3 is 2.63 bits per heavy atom. The monoisotopic (exact) mass is 270 g/mol. The molecule has 0 aliphatic rings. The maximum absolute atomic E-state index is 12.5. The molecule has 0 spiro atoms. The molecular formula is C12H9F3N2O2. The van der Waals surface area contributed by atoms with Crippen molar-refractivity contribution in [2.75, 3.05) is 0 Å². The summed E-state index contributed by atoms with van der Waals surface area (Å²) in [5.41, 5.74) is -0.696. The summed E-state index contributed by atoms with van der Waals surface area (Å²) < 4.78 is 42.5. The van der Waals surface area contributed by atoms with Gasteiger partial charge in [-0.25, -0.2) is 4.98 Å². The van der Waals surface area contributed by atoms with Gasteiger partial charge in [0.05, 0.1) is 0 Å². The number of rotatable bonds is 2. The summed E-state index contributed by atoms with van der Waals surface area (Å²) in [6.45, 7) is 1.57. The van der Waals surface area contributed by atoms with Gasteiger partial charge in [-0.1, -0.05) is 6.07 Å². The molecule has 0 aliphatic heterocycles. The highest BCUT2D eigenvalue weighted by Gasteiger charge is 2.33. The third-order valence-electron chi connectivity index (χ3n) is 2.38. The largest absolute Gasteiger partial charge is 0.508 e. The van der Waals surface area contributed by atoms with Gasteiger partial charge in [-0.2, -0.15) is 18.2 Å². The first-order valence-electron chi connectivity index (χ1n) is 5.24. The molecule has 0 radical (unpaired) electrons. The second-order valence-corrected chi connectivity index (χ2v) is 3.72. The molecule has 7 heteroatoms. The molecule has 19 heavy (non-hydrogen) atoms. The van der Waals surface area contributed by atoms with Crippen LogP contribution < -0.4 is 4.74 Å². The van der Waals surface area contributed by atoms with Crippen molar-refractivity contribution in [2.24, 2.45) is 0 Å². The first-order chi connectivity index (χ1) is 8.88. The molecule has 0 bridgehead atoms. The number of aromatic nitrogens is 2. The van der Waals surface area contributed by atoms with Gasteiger partial charge in [0, 0.05) is 11.8 Å². The molecule has 100 valence electrons. The van der Waals surface area contributed by atoms with Gasteiger partial charge in [0.15, 0.2) is 5.69 Å². The zero-order chi connectivity index (χ0) is 14.0. The number of halogens is 3. The van der Waals surface area contributed by atoms with Crippen LogP contribution in [0, 0.1) is 6.92 Å². The van der Waals surface area contributed by atoms with E-state index in [9.17, 15) is 18.3 Å². The van der Waals surface area contributed by atoms with E-state index in [2.05, 4.69) is 9.97 Å². The van der Waals surface area contributed by atoms with Gasteiger partial charge in [0.1, 0.15) is 11.5 Å². The maximum Gasteiger partial charge on any atom is 0.433 e. The Bertz CT molecular complexity index is 600.